The molecule has 2 aromatic carbocycles. The van der Waals surface area contributed by atoms with Crippen molar-refractivity contribution in [2.24, 2.45) is 0 Å². The molecular weight excluding hydrogens is 370 g/mol. The van der Waals surface area contributed by atoms with Crippen molar-refractivity contribution in [3.63, 3.8) is 0 Å². The van der Waals surface area contributed by atoms with Crippen LogP contribution in [0.1, 0.15) is 30.9 Å². The summed E-state index contributed by atoms with van der Waals surface area (Å²) < 4.78 is 5.85. The van der Waals surface area contributed by atoms with Crippen LogP contribution in [0.25, 0.3) is 10.9 Å². The lowest BCUT2D eigenvalue weighted by molar-refractivity contribution is 0.133. The van der Waals surface area contributed by atoms with Gasteiger partial charge in [0.15, 0.2) is 0 Å². The first kappa shape index (κ1) is 19.6. The van der Waals surface area contributed by atoms with Crippen molar-refractivity contribution in [3.8, 4) is 6.07 Å². The predicted molar refractivity (Wildman–Crippen MR) is 120 cm³/mol. The van der Waals surface area contributed by atoms with E-state index in [1.54, 1.807) is 6.08 Å². The number of fused-ring (bicyclic) bond motifs is 1. The van der Waals surface area contributed by atoms with Gasteiger partial charge in [-0.05, 0) is 66.8 Å². The van der Waals surface area contributed by atoms with Crippen molar-refractivity contribution < 1.29 is 4.74 Å². The number of benzene rings is 2. The zero-order valence-electron chi connectivity index (χ0n) is 17.0. The summed E-state index contributed by atoms with van der Waals surface area (Å²) in [5.41, 5.74) is 5.86. The number of anilines is 2. The van der Waals surface area contributed by atoms with Crippen LogP contribution < -0.4 is 4.90 Å². The van der Waals surface area contributed by atoms with E-state index >= 15 is 0 Å². The standard InChI is InChI=1S/C26H23N3O/c1-19-16-22(25(18-27)28-2)17-24(30-19)14-11-20-9-12-23(13-10-20)29-15-5-7-21-6-3-4-8-26(21)29/h3-4,6,8-14,17,19H,5,7,15-16H2,1H3/b14-11+,25-22-. The van der Waals surface area contributed by atoms with Crippen molar-refractivity contribution in [3.05, 3.63) is 100 Å². The fourth-order valence-corrected chi connectivity index (χ4v) is 4.01. The summed E-state index contributed by atoms with van der Waals surface area (Å²) >= 11 is 0. The van der Waals surface area contributed by atoms with Gasteiger partial charge in [-0.15, -0.1) is 0 Å². The maximum Gasteiger partial charge on any atom is 0.265 e. The Labute approximate surface area is 177 Å². The largest absolute Gasteiger partial charge is 0.490 e. The molecule has 4 heteroatoms. The Bertz CT molecular complexity index is 1090. The molecule has 1 atom stereocenters. The normalized spacial score (nSPS) is 19.9. The minimum Gasteiger partial charge on any atom is -0.490 e. The van der Waals surface area contributed by atoms with E-state index in [0.29, 0.717) is 12.2 Å². The number of nitrogens with zero attached hydrogens (tertiary/aromatic N) is 3. The Balaban J connectivity index is 1.53. The summed E-state index contributed by atoms with van der Waals surface area (Å²) in [5, 5.41) is 9.14. The lowest BCUT2D eigenvalue weighted by Gasteiger charge is -2.31. The zero-order valence-corrected chi connectivity index (χ0v) is 17.0. The number of ether oxygens (including phenoxy) is 1. The quantitative estimate of drug-likeness (QED) is 0.462. The average Bonchev–Trinajstić information content (AvgIpc) is 2.78. The maximum absolute atomic E-state index is 9.14. The van der Waals surface area contributed by atoms with E-state index in [9.17, 15) is 0 Å². The fourth-order valence-electron chi connectivity index (χ4n) is 4.01. The Kier molecular flexibility index (Phi) is 5.68. The van der Waals surface area contributed by atoms with Gasteiger partial charge in [-0.1, -0.05) is 36.4 Å². The van der Waals surface area contributed by atoms with Gasteiger partial charge in [0.05, 0.1) is 18.7 Å². The summed E-state index contributed by atoms with van der Waals surface area (Å²) in [5.74, 6) is 0.675. The third-order valence-corrected chi connectivity index (χ3v) is 5.44. The molecule has 1 unspecified atom stereocenters. The van der Waals surface area contributed by atoms with Gasteiger partial charge >= 0.3 is 0 Å². The lowest BCUT2D eigenvalue weighted by atomic mass is 10.0. The van der Waals surface area contributed by atoms with Crippen LogP contribution in [0.3, 0.4) is 0 Å². The number of allylic oxidation sites excluding steroid dienone is 3. The second kappa shape index (κ2) is 8.72. The van der Waals surface area contributed by atoms with E-state index in [1.807, 2.05) is 25.1 Å². The molecule has 0 saturated heterocycles. The molecular formula is C26H23N3O. The summed E-state index contributed by atoms with van der Waals surface area (Å²) in [4.78, 5) is 5.71. The molecule has 0 aromatic heterocycles. The predicted octanol–water partition coefficient (Wildman–Crippen LogP) is 6.17. The van der Waals surface area contributed by atoms with E-state index in [-0.39, 0.29) is 11.8 Å². The van der Waals surface area contributed by atoms with Crippen LogP contribution in [0.5, 0.6) is 0 Å². The minimum atomic E-state index is -0.0590. The number of aryl methyl sites for hydroxylation is 1. The third kappa shape index (κ3) is 4.14. The van der Waals surface area contributed by atoms with Crippen molar-refractivity contribution >= 4 is 17.5 Å². The second-order valence-electron chi connectivity index (χ2n) is 7.59. The minimum absolute atomic E-state index is 0.0590. The molecule has 0 radical (unpaired) electrons. The molecule has 2 aliphatic rings. The molecule has 0 spiro atoms. The molecule has 4 nitrogen and oxygen atoms in total. The van der Waals surface area contributed by atoms with Crippen LogP contribution in [0.2, 0.25) is 0 Å². The molecule has 0 amide bonds. The SMILES string of the molecule is [C-]#[N+]/C(C#N)=C1C=C(/C=C/c2ccc(N3CCCc4ccccc43)cc2)OC(C)C\1. The zero-order chi connectivity index (χ0) is 20.9. The van der Waals surface area contributed by atoms with Gasteiger partial charge in [0, 0.05) is 24.3 Å². The summed E-state index contributed by atoms with van der Waals surface area (Å²) in [6, 6.07) is 19.1. The Morgan fingerprint density at radius 2 is 2.00 bits per heavy atom. The number of nitriles is 1. The molecule has 0 bridgehead atoms. The molecule has 0 saturated carbocycles. The molecule has 0 fully saturated rings. The molecule has 30 heavy (non-hydrogen) atoms. The van der Waals surface area contributed by atoms with E-state index < -0.39 is 0 Å². The monoisotopic (exact) mass is 393 g/mol. The fraction of sp³-hybridized carbons (Fsp3) is 0.231. The van der Waals surface area contributed by atoms with E-state index in [4.69, 9.17) is 16.6 Å². The average molecular weight is 393 g/mol. The van der Waals surface area contributed by atoms with Crippen LogP contribution in [-0.4, -0.2) is 12.6 Å². The van der Waals surface area contributed by atoms with Crippen molar-refractivity contribution in [1.29, 1.82) is 5.26 Å². The first-order chi connectivity index (χ1) is 14.7. The topological polar surface area (TPSA) is 40.6 Å². The number of hydrogen-bond acceptors (Lipinski definition) is 3. The van der Waals surface area contributed by atoms with Gasteiger partial charge in [0.25, 0.3) is 5.70 Å². The molecule has 2 aliphatic heterocycles. The van der Waals surface area contributed by atoms with Gasteiger partial charge in [-0.25, -0.2) is 10.1 Å². The highest BCUT2D eigenvalue weighted by atomic mass is 16.5. The number of rotatable bonds is 3. The molecule has 4 rings (SSSR count). The van der Waals surface area contributed by atoms with Gasteiger partial charge in [0.2, 0.25) is 0 Å². The van der Waals surface area contributed by atoms with E-state index in [1.165, 1.54) is 16.9 Å². The Hall–Kier alpha value is -3.76. The summed E-state index contributed by atoms with van der Waals surface area (Å²) in [6.07, 6.45) is 8.52. The van der Waals surface area contributed by atoms with Gasteiger partial charge < -0.3 is 9.64 Å². The molecule has 148 valence electrons. The van der Waals surface area contributed by atoms with Crippen molar-refractivity contribution in [2.75, 3.05) is 11.4 Å². The molecule has 2 aromatic rings. The molecule has 2 heterocycles. The number of para-hydroxylation sites is 1. The molecule has 0 aliphatic carbocycles. The van der Waals surface area contributed by atoms with Crippen LogP contribution in [0, 0.1) is 17.9 Å². The maximum atomic E-state index is 9.14. The van der Waals surface area contributed by atoms with E-state index in [0.717, 1.165) is 30.5 Å². The Morgan fingerprint density at radius 3 is 2.77 bits per heavy atom. The van der Waals surface area contributed by atoms with Gasteiger partial charge in [-0.2, -0.15) is 0 Å². The first-order valence-electron chi connectivity index (χ1n) is 10.2. The third-order valence-electron chi connectivity index (χ3n) is 5.44. The van der Waals surface area contributed by atoms with Gasteiger partial charge in [-0.3, -0.25) is 0 Å². The Morgan fingerprint density at radius 1 is 1.20 bits per heavy atom. The van der Waals surface area contributed by atoms with Crippen molar-refractivity contribution in [2.45, 2.75) is 32.3 Å². The molecule has 0 N–H and O–H groups in total. The smallest absolute Gasteiger partial charge is 0.265 e. The van der Waals surface area contributed by atoms with Crippen LogP contribution >= 0.6 is 0 Å². The first-order valence-corrected chi connectivity index (χ1v) is 10.2. The summed E-state index contributed by atoms with van der Waals surface area (Å²) in [7, 11) is 0. The lowest BCUT2D eigenvalue weighted by Crippen LogP contribution is -2.24. The van der Waals surface area contributed by atoms with Crippen LogP contribution in [-0.2, 0) is 11.2 Å². The van der Waals surface area contributed by atoms with Gasteiger partial charge in [0.1, 0.15) is 5.76 Å². The highest BCUT2D eigenvalue weighted by Crippen LogP contribution is 2.33. The highest BCUT2D eigenvalue weighted by Gasteiger charge is 2.18. The van der Waals surface area contributed by atoms with Crippen LogP contribution in [0.4, 0.5) is 11.4 Å². The number of hydrogen-bond donors (Lipinski definition) is 0. The van der Waals surface area contributed by atoms with Crippen molar-refractivity contribution in [1.82, 2.24) is 0 Å². The van der Waals surface area contributed by atoms with Crippen LogP contribution in [0.15, 0.2) is 77.7 Å². The second-order valence-corrected chi connectivity index (χ2v) is 7.59. The highest BCUT2D eigenvalue weighted by molar-refractivity contribution is 5.69. The van der Waals surface area contributed by atoms with E-state index in [2.05, 4.69) is 58.3 Å². The summed E-state index contributed by atoms with van der Waals surface area (Å²) in [6.45, 7) is 10.1.